The zero-order chi connectivity index (χ0) is 35.6. The van der Waals surface area contributed by atoms with E-state index in [4.69, 9.17) is 22.1 Å². The van der Waals surface area contributed by atoms with Crippen molar-refractivity contribution in [2.75, 3.05) is 39.3 Å². The maximum Gasteiger partial charge on any atom is 0.325 e. The van der Waals surface area contributed by atoms with Crippen LogP contribution < -0.4 is 16.4 Å². The minimum Gasteiger partial charge on any atom is -0.465 e. The molecule has 0 radical (unpaired) electrons. The van der Waals surface area contributed by atoms with E-state index in [0.29, 0.717) is 30.8 Å². The maximum absolute atomic E-state index is 13.1. The summed E-state index contributed by atoms with van der Waals surface area (Å²) in [7, 11) is 0. The normalized spacial score (nSPS) is 19.4. The predicted octanol–water partition coefficient (Wildman–Crippen LogP) is 5.76. The Labute approximate surface area is 300 Å². The molecule has 2 fully saturated rings. The van der Waals surface area contributed by atoms with E-state index in [2.05, 4.69) is 64.1 Å². The van der Waals surface area contributed by atoms with E-state index in [9.17, 15) is 19.5 Å². The van der Waals surface area contributed by atoms with Crippen LogP contribution in [0, 0.1) is 5.92 Å². The van der Waals surface area contributed by atoms with Gasteiger partial charge < -0.3 is 36.0 Å². The fourth-order valence-corrected chi connectivity index (χ4v) is 7.96. The molecule has 2 atom stereocenters. The zero-order valence-electron chi connectivity index (χ0n) is 28.9. The number of urea groups is 2. The van der Waals surface area contributed by atoms with Gasteiger partial charge in [-0.1, -0.05) is 84.4 Å². The van der Waals surface area contributed by atoms with Crippen LogP contribution in [0.5, 0.6) is 0 Å². The molecule has 3 aromatic carbocycles. The fourth-order valence-electron chi connectivity index (χ4n) is 7.83. The molecule has 50 heavy (non-hydrogen) atoms. The predicted molar refractivity (Wildman–Crippen MR) is 195 cm³/mol. The van der Waals surface area contributed by atoms with Crippen molar-refractivity contribution in [3.05, 3.63) is 107 Å². The second-order valence-electron chi connectivity index (χ2n) is 13.6. The number of hydrogen-bond donors (Lipinski definition) is 4. The van der Waals surface area contributed by atoms with Crippen molar-refractivity contribution >= 4 is 29.6 Å². The number of hydrogen-bond acceptors (Lipinski definition) is 6. The number of nitrogens with zero attached hydrogens (tertiary/aromatic N) is 2. The van der Waals surface area contributed by atoms with Crippen molar-refractivity contribution in [3.63, 3.8) is 0 Å². The second kappa shape index (κ2) is 17.2. The lowest BCUT2D eigenvalue weighted by Crippen LogP contribution is -2.59. The Balaban J connectivity index is 1.32. The van der Waals surface area contributed by atoms with E-state index in [0.717, 1.165) is 50.9 Å². The van der Waals surface area contributed by atoms with Gasteiger partial charge in [0.2, 0.25) is 0 Å². The number of esters is 1. The minimum atomic E-state index is -0.848. The Morgan fingerprint density at radius 3 is 2.16 bits per heavy atom. The molecule has 5 N–H and O–H groups in total. The first-order valence-corrected chi connectivity index (χ1v) is 18.1. The monoisotopic (exact) mass is 703 g/mol. The number of ether oxygens (including phenoxy) is 1. The molecule has 0 saturated carbocycles. The number of aliphatic hydroxyl groups is 1. The van der Waals surface area contributed by atoms with Crippen LogP contribution in [0.15, 0.2) is 84.9 Å². The van der Waals surface area contributed by atoms with Gasteiger partial charge in [-0.05, 0) is 93.2 Å². The lowest BCUT2D eigenvalue weighted by molar-refractivity contribution is -0.141. The lowest BCUT2D eigenvalue weighted by Gasteiger charge is -2.44. The standard InChI is InChI=1S/C39H50ClN5O5/c1-2-50-35(46)28-42-37(48)45-23-18-29(26-34(45)43-36(41)47)27-38(30-10-5-3-6-11-30,31-12-7-4-8-13-31)19-9-22-44-24-20-39(49,21-25-44)32-14-16-33(40)17-15-32/h3-8,10-17,29,34,49H,2,9,18-28H2,1H3,(H,42,48)(H3,41,43,47). The molecule has 5 rings (SSSR count). The lowest BCUT2D eigenvalue weighted by atomic mass is 9.65. The molecule has 2 saturated heterocycles. The van der Waals surface area contributed by atoms with Crippen molar-refractivity contribution < 1.29 is 24.2 Å². The molecular weight excluding hydrogens is 654 g/mol. The van der Waals surface area contributed by atoms with Crippen LogP contribution in [0.25, 0.3) is 0 Å². The highest BCUT2D eigenvalue weighted by Gasteiger charge is 2.41. The van der Waals surface area contributed by atoms with E-state index < -0.39 is 29.8 Å². The van der Waals surface area contributed by atoms with E-state index in [1.807, 2.05) is 36.4 Å². The van der Waals surface area contributed by atoms with Gasteiger partial charge in [-0.25, -0.2) is 9.59 Å². The van der Waals surface area contributed by atoms with Crippen LogP contribution in [0.3, 0.4) is 0 Å². The molecule has 0 spiro atoms. The summed E-state index contributed by atoms with van der Waals surface area (Å²) in [6, 6.07) is 27.6. The number of rotatable bonds is 13. The van der Waals surface area contributed by atoms with Crippen molar-refractivity contribution in [3.8, 4) is 0 Å². The Kier molecular flexibility index (Phi) is 12.8. The summed E-state index contributed by atoms with van der Waals surface area (Å²) in [6.07, 6.45) is 4.61. The van der Waals surface area contributed by atoms with Crippen LogP contribution in [-0.2, 0) is 20.5 Å². The van der Waals surface area contributed by atoms with E-state index >= 15 is 0 Å². The topological polar surface area (TPSA) is 137 Å². The third kappa shape index (κ3) is 9.35. The molecule has 0 bridgehead atoms. The van der Waals surface area contributed by atoms with Gasteiger partial charge in [0.1, 0.15) is 12.7 Å². The third-order valence-electron chi connectivity index (χ3n) is 10.4. The van der Waals surface area contributed by atoms with Gasteiger partial charge in [-0.2, -0.15) is 0 Å². The van der Waals surface area contributed by atoms with Crippen molar-refractivity contribution in [1.29, 1.82) is 0 Å². The highest BCUT2D eigenvalue weighted by Crippen LogP contribution is 2.45. The number of carbonyl (C=O) groups is 3. The number of likely N-dealkylation sites (tertiary alicyclic amines) is 2. The molecule has 4 amide bonds. The Morgan fingerprint density at radius 2 is 1.58 bits per heavy atom. The summed E-state index contributed by atoms with van der Waals surface area (Å²) >= 11 is 6.10. The zero-order valence-corrected chi connectivity index (χ0v) is 29.6. The van der Waals surface area contributed by atoms with E-state index in [1.54, 1.807) is 11.8 Å². The van der Waals surface area contributed by atoms with Crippen LogP contribution in [-0.4, -0.2) is 78.4 Å². The molecule has 268 valence electrons. The fraction of sp³-hybridized carbons (Fsp3) is 0.462. The molecule has 0 aliphatic carbocycles. The number of amides is 4. The molecule has 11 heteroatoms. The molecule has 10 nitrogen and oxygen atoms in total. The van der Waals surface area contributed by atoms with Crippen molar-refractivity contribution in [2.45, 2.75) is 69.1 Å². The van der Waals surface area contributed by atoms with Gasteiger partial charge >= 0.3 is 18.0 Å². The highest BCUT2D eigenvalue weighted by atomic mass is 35.5. The summed E-state index contributed by atoms with van der Waals surface area (Å²) in [4.78, 5) is 41.1. The van der Waals surface area contributed by atoms with Crippen molar-refractivity contribution in [1.82, 2.24) is 20.4 Å². The number of carbonyl (C=O) groups excluding carboxylic acids is 3. The summed E-state index contributed by atoms with van der Waals surface area (Å²) in [5, 5.41) is 17.5. The molecule has 2 aliphatic heterocycles. The summed E-state index contributed by atoms with van der Waals surface area (Å²) in [5.41, 5.74) is 7.80. The Hall–Kier alpha value is -4.12. The number of nitrogens with one attached hydrogen (secondary N) is 2. The molecule has 2 aliphatic rings. The van der Waals surface area contributed by atoms with Gasteiger partial charge in [0, 0.05) is 30.1 Å². The van der Waals surface area contributed by atoms with Crippen molar-refractivity contribution in [2.24, 2.45) is 11.7 Å². The van der Waals surface area contributed by atoms with E-state index in [1.165, 1.54) is 11.1 Å². The first kappa shape index (κ1) is 37.1. The quantitative estimate of drug-likeness (QED) is 0.167. The summed E-state index contributed by atoms with van der Waals surface area (Å²) < 4.78 is 4.95. The van der Waals surface area contributed by atoms with Gasteiger partial charge in [0.15, 0.2) is 0 Å². The number of halogens is 1. The summed E-state index contributed by atoms with van der Waals surface area (Å²) in [6.45, 7) is 4.59. The molecular formula is C39H50ClN5O5. The average Bonchev–Trinajstić information content (AvgIpc) is 3.12. The molecule has 0 aromatic heterocycles. The molecule has 2 heterocycles. The van der Waals surface area contributed by atoms with Crippen LogP contribution in [0.2, 0.25) is 5.02 Å². The van der Waals surface area contributed by atoms with E-state index in [-0.39, 0.29) is 24.5 Å². The smallest absolute Gasteiger partial charge is 0.325 e. The van der Waals surface area contributed by atoms with Crippen LogP contribution >= 0.6 is 11.6 Å². The SMILES string of the molecule is CCOC(=O)CNC(=O)N1CCC(CC(CCCN2CCC(O)(c3ccc(Cl)cc3)CC2)(c2ccccc2)c2ccccc2)CC1NC(N)=O. The highest BCUT2D eigenvalue weighted by molar-refractivity contribution is 6.30. The van der Waals surface area contributed by atoms with Crippen LogP contribution in [0.4, 0.5) is 9.59 Å². The van der Waals surface area contributed by atoms with Gasteiger partial charge in [-0.15, -0.1) is 0 Å². The largest absolute Gasteiger partial charge is 0.465 e. The summed E-state index contributed by atoms with van der Waals surface area (Å²) in [5.74, 6) is -0.363. The number of primary amides is 1. The number of nitrogens with two attached hydrogens (primary N) is 1. The minimum absolute atomic E-state index is 0.158. The molecule has 2 unspecified atom stereocenters. The third-order valence-corrected chi connectivity index (χ3v) is 10.7. The van der Waals surface area contributed by atoms with Gasteiger partial charge in [0.25, 0.3) is 0 Å². The van der Waals surface area contributed by atoms with Gasteiger partial charge in [0.05, 0.1) is 12.2 Å². The Morgan fingerprint density at radius 1 is 0.960 bits per heavy atom. The second-order valence-corrected chi connectivity index (χ2v) is 14.0. The van der Waals surface area contributed by atoms with Crippen LogP contribution in [0.1, 0.15) is 68.6 Å². The molecule has 3 aromatic rings. The number of benzene rings is 3. The van der Waals surface area contributed by atoms with Gasteiger partial charge in [-0.3, -0.25) is 4.79 Å². The first-order chi connectivity index (χ1) is 24.1. The Bertz CT molecular complexity index is 1510. The number of piperidine rings is 2. The maximum atomic E-state index is 13.1. The first-order valence-electron chi connectivity index (χ1n) is 17.7. The average molecular weight is 704 g/mol.